The van der Waals surface area contributed by atoms with Crippen molar-refractivity contribution in [1.82, 2.24) is 0 Å². The van der Waals surface area contributed by atoms with Crippen LogP contribution in [-0.2, 0) is 15.9 Å². The van der Waals surface area contributed by atoms with Gasteiger partial charge in [-0.2, -0.15) is 0 Å². The van der Waals surface area contributed by atoms with Crippen molar-refractivity contribution in [3.8, 4) is 0 Å². The third-order valence-corrected chi connectivity index (χ3v) is 6.17. The molecule has 2 rings (SSSR count). The van der Waals surface area contributed by atoms with Gasteiger partial charge in [0.05, 0.1) is 25.4 Å². The van der Waals surface area contributed by atoms with Crippen LogP contribution in [-0.4, -0.2) is 25.4 Å². The second-order valence-corrected chi connectivity index (χ2v) is 9.20. The monoisotopic (exact) mass is 374 g/mol. The molecule has 154 valence electrons. The Balaban J connectivity index is 1.88. The van der Waals surface area contributed by atoms with Crippen molar-refractivity contribution in [2.45, 2.75) is 91.8 Å². The average molecular weight is 375 g/mol. The summed E-state index contributed by atoms with van der Waals surface area (Å²) >= 11 is 0. The van der Waals surface area contributed by atoms with E-state index in [0.29, 0.717) is 23.9 Å². The van der Waals surface area contributed by atoms with E-state index in [-0.39, 0.29) is 6.10 Å². The van der Waals surface area contributed by atoms with Crippen molar-refractivity contribution in [1.29, 1.82) is 0 Å². The van der Waals surface area contributed by atoms with Crippen LogP contribution < -0.4 is 0 Å². The highest BCUT2D eigenvalue weighted by molar-refractivity contribution is 5.21. The molecule has 2 nitrogen and oxygen atoms in total. The van der Waals surface area contributed by atoms with Gasteiger partial charge in [-0.1, -0.05) is 76.8 Å². The lowest BCUT2D eigenvalue weighted by atomic mass is 9.80. The van der Waals surface area contributed by atoms with Crippen molar-refractivity contribution in [2.24, 2.45) is 17.8 Å². The molecule has 27 heavy (non-hydrogen) atoms. The Kier molecular flexibility index (Phi) is 9.86. The number of hydrogen-bond acceptors (Lipinski definition) is 2. The lowest BCUT2D eigenvalue weighted by Gasteiger charge is -2.30. The Hall–Kier alpha value is -0.860. The molecule has 1 aromatic rings. The first-order valence-corrected chi connectivity index (χ1v) is 11.2. The van der Waals surface area contributed by atoms with Gasteiger partial charge in [-0.25, -0.2) is 0 Å². The minimum Gasteiger partial charge on any atom is -0.376 e. The fraction of sp³-hybridized carbons (Fsp3) is 0.760. The largest absolute Gasteiger partial charge is 0.376 e. The van der Waals surface area contributed by atoms with E-state index in [1.54, 1.807) is 0 Å². The maximum absolute atomic E-state index is 6.37. The molecule has 0 N–H and O–H groups in total. The maximum Gasteiger partial charge on any atom is 0.0704 e. The highest BCUT2D eigenvalue weighted by Crippen LogP contribution is 2.28. The molecule has 0 heterocycles. The number of hydrogen-bond donors (Lipinski definition) is 0. The Morgan fingerprint density at radius 1 is 0.889 bits per heavy atom. The third kappa shape index (κ3) is 8.35. The summed E-state index contributed by atoms with van der Waals surface area (Å²) in [4.78, 5) is 0. The second-order valence-electron chi connectivity index (χ2n) is 9.20. The fourth-order valence-corrected chi connectivity index (χ4v) is 4.48. The number of aryl methyl sites for hydroxylation is 1. The van der Waals surface area contributed by atoms with E-state index in [0.717, 1.165) is 26.1 Å². The predicted molar refractivity (Wildman–Crippen MR) is 115 cm³/mol. The first kappa shape index (κ1) is 22.4. The van der Waals surface area contributed by atoms with Crippen LogP contribution in [0.4, 0.5) is 0 Å². The van der Waals surface area contributed by atoms with Gasteiger partial charge in [0, 0.05) is 0 Å². The molecule has 0 aromatic heterocycles. The normalized spacial score (nSPS) is 17.2. The van der Waals surface area contributed by atoms with Crippen LogP contribution in [0.5, 0.6) is 0 Å². The van der Waals surface area contributed by atoms with E-state index in [9.17, 15) is 0 Å². The molecule has 1 fully saturated rings. The summed E-state index contributed by atoms with van der Waals surface area (Å²) in [6, 6.07) is 8.93. The molecule has 1 unspecified atom stereocenters. The first-order chi connectivity index (χ1) is 13.0. The summed E-state index contributed by atoms with van der Waals surface area (Å²) < 4.78 is 12.4. The van der Waals surface area contributed by atoms with Gasteiger partial charge in [0.1, 0.15) is 0 Å². The topological polar surface area (TPSA) is 18.5 Å². The van der Waals surface area contributed by atoms with E-state index in [1.165, 1.54) is 43.2 Å². The molecule has 2 heteroatoms. The molecule has 0 bridgehead atoms. The summed E-state index contributed by atoms with van der Waals surface area (Å²) in [5.74, 6) is 2.07. The molecule has 0 saturated heterocycles. The van der Waals surface area contributed by atoms with Crippen LogP contribution in [0.25, 0.3) is 0 Å². The quantitative estimate of drug-likeness (QED) is 0.407. The number of benzene rings is 1. The standard InChI is InChI=1S/C25H42O2/c1-19(2)25(20(3)4)18-24(17-22-13-11-21(5)12-14-22)27-16-15-26-23-9-7-6-8-10-23/h11-14,19-20,23-25H,6-10,15-18H2,1-5H3. The molecule has 0 aliphatic heterocycles. The van der Waals surface area contributed by atoms with Gasteiger partial charge in [-0.05, 0) is 55.9 Å². The molecule has 0 amide bonds. The van der Waals surface area contributed by atoms with Crippen LogP contribution >= 0.6 is 0 Å². The number of ether oxygens (including phenoxy) is 2. The Morgan fingerprint density at radius 3 is 2.11 bits per heavy atom. The molecule has 1 atom stereocenters. The Morgan fingerprint density at radius 2 is 1.52 bits per heavy atom. The van der Waals surface area contributed by atoms with Crippen LogP contribution in [0, 0.1) is 24.7 Å². The summed E-state index contributed by atoms with van der Waals surface area (Å²) in [7, 11) is 0. The lowest BCUT2D eigenvalue weighted by Crippen LogP contribution is -2.28. The van der Waals surface area contributed by atoms with Crippen molar-refractivity contribution in [3.05, 3.63) is 35.4 Å². The van der Waals surface area contributed by atoms with Crippen molar-refractivity contribution < 1.29 is 9.47 Å². The summed E-state index contributed by atoms with van der Waals surface area (Å²) in [5, 5.41) is 0. The molecule has 1 aliphatic carbocycles. The smallest absolute Gasteiger partial charge is 0.0704 e. The van der Waals surface area contributed by atoms with Gasteiger partial charge in [0.25, 0.3) is 0 Å². The fourth-order valence-electron chi connectivity index (χ4n) is 4.48. The first-order valence-electron chi connectivity index (χ1n) is 11.2. The van der Waals surface area contributed by atoms with E-state index >= 15 is 0 Å². The molecule has 0 spiro atoms. The highest BCUT2D eigenvalue weighted by Gasteiger charge is 2.23. The SMILES string of the molecule is Cc1ccc(CC(CC(C(C)C)C(C)C)OCCOC2CCCCC2)cc1. The van der Waals surface area contributed by atoms with Crippen LogP contribution in [0.3, 0.4) is 0 Å². The minimum absolute atomic E-state index is 0.275. The lowest BCUT2D eigenvalue weighted by molar-refractivity contribution is -0.0405. The zero-order valence-electron chi connectivity index (χ0n) is 18.4. The zero-order chi connectivity index (χ0) is 19.6. The molecular formula is C25H42O2. The van der Waals surface area contributed by atoms with Gasteiger partial charge in [0.2, 0.25) is 0 Å². The summed E-state index contributed by atoms with van der Waals surface area (Å²) in [5.41, 5.74) is 2.70. The highest BCUT2D eigenvalue weighted by atomic mass is 16.5. The van der Waals surface area contributed by atoms with Crippen molar-refractivity contribution in [2.75, 3.05) is 13.2 Å². The molecule has 1 aliphatic rings. The van der Waals surface area contributed by atoms with Gasteiger partial charge < -0.3 is 9.47 Å². The Bertz CT molecular complexity index is 492. The van der Waals surface area contributed by atoms with Gasteiger partial charge in [-0.15, -0.1) is 0 Å². The van der Waals surface area contributed by atoms with Crippen molar-refractivity contribution >= 4 is 0 Å². The summed E-state index contributed by atoms with van der Waals surface area (Å²) in [6.45, 7) is 13.0. The second kappa shape index (κ2) is 11.9. The maximum atomic E-state index is 6.37. The molecule has 0 radical (unpaired) electrons. The van der Waals surface area contributed by atoms with Gasteiger partial charge in [-0.3, -0.25) is 0 Å². The van der Waals surface area contributed by atoms with Crippen LogP contribution in [0.2, 0.25) is 0 Å². The molecule has 1 aromatic carbocycles. The van der Waals surface area contributed by atoms with Gasteiger partial charge in [0.15, 0.2) is 0 Å². The van der Waals surface area contributed by atoms with E-state index in [4.69, 9.17) is 9.47 Å². The number of rotatable bonds is 11. The predicted octanol–water partition coefficient (Wildman–Crippen LogP) is 6.59. The third-order valence-electron chi connectivity index (χ3n) is 6.17. The summed E-state index contributed by atoms with van der Waals surface area (Å²) in [6.07, 6.45) is 9.37. The van der Waals surface area contributed by atoms with E-state index in [1.807, 2.05) is 0 Å². The minimum atomic E-state index is 0.275. The van der Waals surface area contributed by atoms with Gasteiger partial charge >= 0.3 is 0 Å². The van der Waals surface area contributed by atoms with Crippen LogP contribution in [0.1, 0.15) is 77.3 Å². The Labute approximate surface area is 168 Å². The van der Waals surface area contributed by atoms with E-state index < -0.39 is 0 Å². The molecule has 1 saturated carbocycles. The average Bonchev–Trinajstić information content (AvgIpc) is 2.65. The van der Waals surface area contributed by atoms with E-state index in [2.05, 4.69) is 58.9 Å². The van der Waals surface area contributed by atoms with Crippen LogP contribution in [0.15, 0.2) is 24.3 Å². The van der Waals surface area contributed by atoms with Crippen molar-refractivity contribution in [3.63, 3.8) is 0 Å². The molecular weight excluding hydrogens is 332 g/mol. The zero-order valence-corrected chi connectivity index (χ0v) is 18.4.